The second kappa shape index (κ2) is 9.00. The topological polar surface area (TPSA) is 104 Å². The minimum Gasteiger partial charge on any atom is -0.368 e. The van der Waals surface area contributed by atoms with Crippen LogP contribution in [-0.4, -0.2) is 24.7 Å². The molecule has 0 bridgehead atoms. The van der Waals surface area contributed by atoms with Gasteiger partial charge in [-0.25, -0.2) is 8.42 Å². The molecule has 0 fully saturated rings. The van der Waals surface area contributed by atoms with Crippen LogP contribution in [0, 0.1) is 11.3 Å². The fraction of sp³-hybridized carbons (Fsp3) is 0.263. The van der Waals surface area contributed by atoms with E-state index < -0.39 is 22.0 Å². The second-order valence-electron chi connectivity index (χ2n) is 6.02. The van der Waals surface area contributed by atoms with E-state index in [2.05, 4.69) is 0 Å². The number of hydrogen-bond acceptors (Lipinski definition) is 4. The molecular formula is C19H20ClN3O3S. The van der Waals surface area contributed by atoms with Crippen LogP contribution in [0.2, 0.25) is 5.02 Å². The summed E-state index contributed by atoms with van der Waals surface area (Å²) in [4.78, 5) is 12.0. The first-order valence-corrected chi connectivity index (χ1v) is 10.2. The SMILES string of the molecule is CCC[C@H](C(N)=O)N(Cc1ccc(C#N)cc1)S(=O)(=O)c1ccc(Cl)cc1. The highest BCUT2D eigenvalue weighted by atomic mass is 35.5. The number of nitrogens with two attached hydrogens (primary N) is 1. The van der Waals surface area contributed by atoms with E-state index in [1.807, 2.05) is 13.0 Å². The Hall–Kier alpha value is -2.40. The van der Waals surface area contributed by atoms with Gasteiger partial charge in [0.05, 0.1) is 16.5 Å². The number of benzene rings is 2. The number of carbonyl (C=O) groups is 1. The molecule has 27 heavy (non-hydrogen) atoms. The lowest BCUT2D eigenvalue weighted by atomic mass is 10.1. The Morgan fingerprint density at radius 1 is 1.19 bits per heavy atom. The number of sulfonamides is 1. The average molecular weight is 406 g/mol. The van der Waals surface area contributed by atoms with Gasteiger partial charge in [0, 0.05) is 11.6 Å². The Morgan fingerprint density at radius 3 is 2.26 bits per heavy atom. The van der Waals surface area contributed by atoms with Crippen molar-refractivity contribution < 1.29 is 13.2 Å². The maximum atomic E-state index is 13.2. The molecule has 6 nitrogen and oxygen atoms in total. The first-order chi connectivity index (χ1) is 12.8. The Bertz CT molecular complexity index is 936. The molecule has 2 N–H and O–H groups in total. The lowest BCUT2D eigenvalue weighted by Crippen LogP contribution is -2.47. The summed E-state index contributed by atoms with van der Waals surface area (Å²) in [7, 11) is -3.99. The molecule has 1 atom stereocenters. The Balaban J connectivity index is 2.48. The van der Waals surface area contributed by atoms with Gasteiger partial charge in [0.2, 0.25) is 15.9 Å². The van der Waals surface area contributed by atoms with Gasteiger partial charge >= 0.3 is 0 Å². The van der Waals surface area contributed by atoms with Gasteiger partial charge in [-0.05, 0) is 48.4 Å². The van der Waals surface area contributed by atoms with E-state index in [0.717, 1.165) is 4.31 Å². The van der Waals surface area contributed by atoms with Crippen LogP contribution in [0.1, 0.15) is 30.9 Å². The van der Waals surface area contributed by atoms with E-state index in [9.17, 15) is 13.2 Å². The van der Waals surface area contributed by atoms with Gasteiger partial charge in [-0.3, -0.25) is 4.79 Å². The third kappa shape index (κ3) is 5.07. The van der Waals surface area contributed by atoms with Crippen molar-refractivity contribution in [3.05, 3.63) is 64.7 Å². The minimum atomic E-state index is -3.99. The molecule has 0 aliphatic heterocycles. The quantitative estimate of drug-likeness (QED) is 0.728. The zero-order chi connectivity index (χ0) is 20.0. The van der Waals surface area contributed by atoms with Crippen LogP contribution in [0.15, 0.2) is 53.4 Å². The fourth-order valence-corrected chi connectivity index (χ4v) is 4.41. The molecule has 0 unspecified atom stereocenters. The molecule has 0 radical (unpaired) electrons. The number of nitriles is 1. The summed E-state index contributed by atoms with van der Waals surface area (Å²) >= 11 is 5.85. The molecule has 0 aromatic heterocycles. The van der Waals surface area contributed by atoms with Gasteiger partial charge in [0.15, 0.2) is 0 Å². The molecular weight excluding hydrogens is 386 g/mol. The van der Waals surface area contributed by atoms with Gasteiger partial charge in [-0.2, -0.15) is 9.57 Å². The Kier molecular flexibility index (Phi) is 6.97. The van der Waals surface area contributed by atoms with E-state index in [4.69, 9.17) is 22.6 Å². The van der Waals surface area contributed by atoms with Crippen molar-refractivity contribution in [2.45, 2.75) is 37.2 Å². The van der Waals surface area contributed by atoms with Crippen LogP contribution < -0.4 is 5.73 Å². The molecule has 0 saturated heterocycles. The van der Waals surface area contributed by atoms with Crippen molar-refractivity contribution in [3.63, 3.8) is 0 Å². The van der Waals surface area contributed by atoms with Crippen LogP contribution in [0.4, 0.5) is 0 Å². The van der Waals surface area contributed by atoms with Gasteiger partial charge < -0.3 is 5.73 Å². The average Bonchev–Trinajstić information content (AvgIpc) is 2.65. The Labute approximate surface area is 164 Å². The minimum absolute atomic E-state index is 0.0305. The first kappa shape index (κ1) is 20.9. The van der Waals surface area contributed by atoms with Crippen molar-refractivity contribution >= 4 is 27.5 Å². The van der Waals surface area contributed by atoms with E-state index in [1.165, 1.54) is 24.3 Å². The number of primary amides is 1. The van der Waals surface area contributed by atoms with Crippen LogP contribution in [0.25, 0.3) is 0 Å². The Morgan fingerprint density at radius 2 is 1.78 bits per heavy atom. The van der Waals surface area contributed by atoms with Crippen LogP contribution >= 0.6 is 11.6 Å². The maximum Gasteiger partial charge on any atom is 0.244 e. The standard InChI is InChI=1S/C19H20ClN3O3S/c1-2-3-18(19(22)24)23(13-15-6-4-14(12-21)5-7-15)27(25,26)17-10-8-16(20)9-11-17/h4-11,18H,2-3,13H2,1H3,(H2,22,24)/t18-/m1/s1. The summed E-state index contributed by atoms with van der Waals surface area (Å²) < 4.78 is 27.5. The summed E-state index contributed by atoms with van der Waals surface area (Å²) in [5, 5.41) is 9.32. The summed E-state index contributed by atoms with van der Waals surface area (Å²) in [6, 6.07) is 13.3. The summed E-state index contributed by atoms with van der Waals surface area (Å²) in [5.41, 5.74) is 6.62. The van der Waals surface area contributed by atoms with Gasteiger partial charge in [0.25, 0.3) is 0 Å². The molecule has 0 aliphatic rings. The molecule has 2 aromatic rings. The van der Waals surface area contributed by atoms with Gasteiger partial charge in [0.1, 0.15) is 6.04 Å². The number of rotatable bonds is 8. The molecule has 0 heterocycles. The predicted molar refractivity (Wildman–Crippen MR) is 103 cm³/mol. The molecule has 0 saturated carbocycles. The number of carbonyl (C=O) groups excluding carboxylic acids is 1. The fourth-order valence-electron chi connectivity index (χ4n) is 2.67. The largest absolute Gasteiger partial charge is 0.368 e. The second-order valence-corrected chi connectivity index (χ2v) is 8.35. The van der Waals surface area contributed by atoms with E-state index in [-0.39, 0.29) is 11.4 Å². The van der Waals surface area contributed by atoms with E-state index in [0.29, 0.717) is 29.0 Å². The number of nitrogens with zero attached hydrogens (tertiary/aromatic N) is 2. The van der Waals surface area contributed by atoms with E-state index >= 15 is 0 Å². The monoisotopic (exact) mass is 405 g/mol. The number of amides is 1. The van der Waals surface area contributed by atoms with E-state index in [1.54, 1.807) is 24.3 Å². The third-order valence-corrected chi connectivity index (χ3v) is 6.20. The zero-order valence-electron chi connectivity index (χ0n) is 14.8. The van der Waals surface area contributed by atoms with Crippen molar-refractivity contribution in [2.24, 2.45) is 5.73 Å². The van der Waals surface area contributed by atoms with Crippen LogP contribution in [0.5, 0.6) is 0 Å². The van der Waals surface area contributed by atoms with Crippen molar-refractivity contribution in [1.82, 2.24) is 4.31 Å². The third-order valence-electron chi connectivity index (χ3n) is 4.08. The molecule has 8 heteroatoms. The highest BCUT2D eigenvalue weighted by Crippen LogP contribution is 2.24. The number of hydrogen-bond donors (Lipinski definition) is 1. The zero-order valence-corrected chi connectivity index (χ0v) is 16.4. The lowest BCUT2D eigenvalue weighted by molar-refractivity contribution is -0.122. The van der Waals surface area contributed by atoms with Crippen LogP contribution in [-0.2, 0) is 21.4 Å². The summed E-state index contributed by atoms with van der Waals surface area (Å²) in [5.74, 6) is -0.706. The summed E-state index contributed by atoms with van der Waals surface area (Å²) in [6.07, 6.45) is 0.895. The van der Waals surface area contributed by atoms with Gasteiger partial charge in [-0.1, -0.05) is 37.1 Å². The molecule has 2 rings (SSSR count). The maximum absolute atomic E-state index is 13.2. The first-order valence-electron chi connectivity index (χ1n) is 8.35. The molecule has 2 aromatic carbocycles. The smallest absolute Gasteiger partial charge is 0.244 e. The lowest BCUT2D eigenvalue weighted by Gasteiger charge is -2.29. The van der Waals surface area contributed by atoms with Crippen LogP contribution in [0.3, 0.4) is 0 Å². The highest BCUT2D eigenvalue weighted by molar-refractivity contribution is 7.89. The highest BCUT2D eigenvalue weighted by Gasteiger charge is 2.34. The van der Waals surface area contributed by atoms with Crippen molar-refractivity contribution in [3.8, 4) is 6.07 Å². The normalized spacial score (nSPS) is 12.5. The molecule has 0 spiro atoms. The predicted octanol–water partition coefficient (Wildman–Crippen LogP) is 3.06. The van der Waals surface area contributed by atoms with Gasteiger partial charge in [-0.15, -0.1) is 0 Å². The molecule has 0 aliphatic carbocycles. The number of halogens is 1. The molecule has 142 valence electrons. The molecule has 1 amide bonds. The van der Waals surface area contributed by atoms with Crippen molar-refractivity contribution in [2.75, 3.05) is 0 Å². The van der Waals surface area contributed by atoms with Crippen molar-refractivity contribution in [1.29, 1.82) is 5.26 Å². The summed E-state index contributed by atoms with van der Waals surface area (Å²) in [6.45, 7) is 1.81.